The van der Waals surface area contributed by atoms with E-state index in [0.29, 0.717) is 17.8 Å². The Balaban J connectivity index is 2.04. The van der Waals surface area contributed by atoms with E-state index >= 15 is 0 Å². The summed E-state index contributed by atoms with van der Waals surface area (Å²) in [6.45, 7) is 0.778. The molecule has 1 aliphatic rings. The Labute approximate surface area is 83.5 Å². The van der Waals surface area contributed by atoms with Crippen LogP contribution in [0.3, 0.4) is 0 Å². The normalized spacial score (nSPS) is 27.8. The second kappa shape index (κ2) is 3.96. The zero-order valence-corrected chi connectivity index (χ0v) is 8.26. The third-order valence-corrected chi connectivity index (χ3v) is 2.99. The van der Waals surface area contributed by atoms with Gasteiger partial charge >= 0.3 is 0 Å². The highest BCUT2D eigenvalue weighted by Crippen LogP contribution is 2.31. The minimum Gasteiger partial charge on any atom is -0.381 e. The van der Waals surface area contributed by atoms with Crippen LogP contribution in [-0.2, 0) is 0 Å². The summed E-state index contributed by atoms with van der Waals surface area (Å²) in [6.07, 6.45) is 6.56. The van der Waals surface area contributed by atoms with Crippen LogP contribution in [-0.4, -0.2) is 21.5 Å². The van der Waals surface area contributed by atoms with Crippen molar-refractivity contribution in [3.63, 3.8) is 0 Å². The number of aromatic nitrogens is 3. The summed E-state index contributed by atoms with van der Waals surface area (Å²) in [4.78, 5) is 0. The van der Waals surface area contributed by atoms with Crippen LogP contribution in [0.4, 0.5) is 5.82 Å². The molecule has 0 spiro atoms. The monoisotopic (exact) mass is 195 g/mol. The summed E-state index contributed by atoms with van der Waals surface area (Å²) in [5.41, 5.74) is 11.2. The zero-order valence-electron chi connectivity index (χ0n) is 8.26. The largest absolute Gasteiger partial charge is 0.381 e. The number of nitrogens with zero attached hydrogens (tertiary/aromatic N) is 3. The van der Waals surface area contributed by atoms with E-state index in [-0.39, 0.29) is 0 Å². The third kappa shape index (κ3) is 1.87. The molecule has 78 valence electrons. The minimum atomic E-state index is 0.446. The standard InChI is InChI=1S/C9H17N5/c10-5-7-2-1-3-8(4-7)14-6-9(11)12-13-14/h6-8H,1-5,10-11H2. The number of anilines is 1. The molecule has 4 N–H and O–H groups in total. The molecule has 1 saturated carbocycles. The van der Waals surface area contributed by atoms with Gasteiger partial charge in [-0.15, -0.1) is 5.10 Å². The van der Waals surface area contributed by atoms with Gasteiger partial charge in [-0.3, -0.25) is 0 Å². The second-order valence-corrected chi connectivity index (χ2v) is 4.05. The molecule has 0 saturated heterocycles. The van der Waals surface area contributed by atoms with Gasteiger partial charge in [-0.2, -0.15) is 0 Å². The molecule has 1 aromatic rings. The van der Waals surface area contributed by atoms with Crippen molar-refractivity contribution in [3.05, 3.63) is 6.20 Å². The van der Waals surface area contributed by atoms with Crippen LogP contribution in [0.25, 0.3) is 0 Å². The molecule has 14 heavy (non-hydrogen) atoms. The van der Waals surface area contributed by atoms with E-state index in [1.807, 2.05) is 10.9 Å². The van der Waals surface area contributed by atoms with E-state index in [1.54, 1.807) is 0 Å². The molecule has 0 amide bonds. The molecule has 1 aliphatic carbocycles. The highest BCUT2D eigenvalue weighted by atomic mass is 15.4. The van der Waals surface area contributed by atoms with Crippen molar-refractivity contribution in [2.24, 2.45) is 11.7 Å². The molecule has 0 radical (unpaired) electrons. The van der Waals surface area contributed by atoms with Gasteiger partial charge in [0, 0.05) is 0 Å². The van der Waals surface area contributed by atoms with Gasteiger partial charge in [0.25, 0.3) is 0 Å². The Morgan fingerprint density at radius 2 is 2.36 bits per heavy atom. The minimum absolute atomic E-state index is 0.446. The molecule has 1 aromatic heterocycles. The predicted molar refractivity (Wildman–Crippen MR) is 54.5 cm³/mol. The Kier molecular flexibility index (Phi) is 2.67. The van der Waals surface area contributed by atoms with Crippen LogP contribution < -0.4 is 11.5 Å². The fourth-order valence-corrected chi connectivity index (χ4v) is 2.19. The lowest BCUT2D eigenvalue weighted by molar-refractivity contribution is 0.254. The van der Waals surface area contributed by atoms with Crippen LogP contribution in [0.15, 0.2) is 6.20 Å². The first kappa shape index (κ1) is 9.45. The van der Waals surface area contributed by atoms with E-state index < -0.39 is 0 Å². The Hall–Kier alpha value is -1.10. The van der Waals surface area contributed by atoms with Crippen molar-refractivity contribution >= 4 is 5.82 Å². The quantitative estimate of drug-likeness (QED) is 0.722. The lowest BCUT2D eigenvalue weighted by Crippen LogP contribution is -2.24. The summed E-state index contributed by atoms with van der Waals surface area (Å²) in [5, 5.41) is 7.81. The molecular formula is C9H17N5. The topological polar surface area (TPSA) is 82.8 Å². The summed E-state index contributed by atoms with van der Waals surface area (Å²) in [5.74, 6) is 1.14. The maximum absolute atomic E-state index is 5.68. The number of nitrogen functional groups attached to an aromatic ring is 1. The molecule has 0 bridgehead atoms. The first-order valence-corrected chi connectivity index (χ1v) is 5.17. The van der Waals surface area contributed by atoms with Crippen molar-refractivity contribution in [3.8, 4) is 0 Å². The number of nitrogens with two attached hydrogens (primary N) is 2. The molecule has 5 heteroatoms. The molecule has 1 heterocycles. The zero-order chi connectivity index (χ0) is 9.97. The average Bonchev–Trinajstić information content (AvgIpc) is 2.65. The van der Waals surface area contributed by atoms with Crippen LogP contribution in [0, 0.1) is 5.92 Å². The van der Waals surface area contributed by atoms with Gasteiger partial charge in [-0.05, 0) is 31.7 Å². The average molecular weight is 195 g/mol. The molecule has 0 aromatic carbocycles. The van der Waals surface area contributed by atoms with Gasteiger partial charge in [0.1, 0.15) is 0 Å². The third-order valence-electron chi connectivity index (χ3n) is 2.99. The van der Waals surface area contributed by atoms with Crippen molar-refractivity contribution in [1.29, 1.82) is 0 Å². The van der Waals surface area contributed by atoms with E-state index in [1.165, 1.54) is 19.3 Å². The number of rotatable bonds is 2. The highest BCUT2D eigenvalue weighted by molar-refractivity contribution is 5.20. The maximum Gasteiger partial charge on any atom is 0.165 e. The Morgan fingerprint density at radius 3 is 3.00 bits per heavy atom. The van der Waals surface area contributed by atoms with E-state index in [9.17, 15) is 0 Å². The molecule has 2 rings (SSSR count). The summed E-state index contributed by atoms with van der Waals surface area (Å²) < 4.78 is 1.89. The Morgan fingerprint density at radius 1 is 1.50 bits per heavy atom. The van der Waals surface area contributed by atoms with Crippen molar-refractivity contribution in [2.45, 2.75) is 31.7 Å². The molecule has 0 aliphatic heterocycles. The Bertz CT molecular complexity index is 295. The first-order valence-electron chi connectivity index (χ1n) is 5.17. The van der Waals surface area contributed by atoms with Gasteiger partial charge in [0.15, 0.2) is 5.82 Å². The number of hydrogen-bond acceptors (Lipinski definition) is 4. The molecule has 2 atom stereocenters. The molecule has 2 unspecified atom stereocenters. The van der Waals surface area contributed by atoms with Crippen LogP contribution in [0.5, 0.6) is 0 Å². The molecule has 5 nitrogen and oxygen atoms in total. The van der Waals surface area contributed by atoms with E-state index in [2.05, 4.69) is 10.3 Å². The van der Waals surface area contributed by atoms with Gasteiger partial charge in [0.2, 0.25) is 0 Å². The fraction of sp³-hybridized carbons (Fsp3) is 0.778. The van der Waals surface area contributed by atoms with Crippen LogP contribution in [0.2, 0.25) is 0 Å². The summed E-state index contributed by atoms with van der Waals surface area (Å²) in [6, 6.07) is 0.446. The van der Waals surface area contributed by atoms with Crippen LogP contribution >= 0.6 is 0 Å². The van der Waals surface area contributed by atoms with Crippen molar-refractivity contribution < 1.29 is 0 Å². The summed E-state index contributed by atoms with van der Waals surface area (Å²) >= 11 is 0. The molecular weight excluding hydrogens is 178 g/mol. The van der Waals surface area contributed by atoms with Crippen LogP contribution in [0.1, 0.15) is 31.7 Å². The highest BCUT2D eigenvalue weighted by Gasteiger charge is 2.22. The SMILES string of the molecule is NCC1CCCC(n2cc(N)nn2)C1. The second-order valence-electron chi connectivity index (χ2n) is 4.05. The van der Waals surface area contributed by atoms with Crippen molar-refractivity contribution in [1.82, 2.24) is 15.0 Å². The van der Waals surface area contributed by atoms with Gasteiger partial charge < -0.3 is 11.5 Å². The smallest absolute Gasteiger partial charge is 0.165 e. The van der Waals surface area contributed by atoms with Crippen molar-refractivity contribution in [2.75, 3.05) is 12.3 Å². The fourth-order valence-electron chi connectivity index (χ4n) is 2.19. The van der Waals surface area contributed by atoms with E-state index in [0.717, 1.165) is 13.0 Å². The van der Waals surface area contributed by atoms with Gasteiger partial charge in [0.05, 0.1) is 12.2 Å². The molecule has 1 fully saturated rings. The van der Waals surface area contributed by atoms with E-state index in [4.69, 9.17) is 11.5 Å². The predicted octanol–water partition coefficient (Wildman–Crippen LogP) is 0.550. The lowest BCUT2D eigenvalue weighted by Gasteiger charge is -2.27. The lowest BCUT2D eigenvalue weighted by atomic mass is 9.86. The number of hydrogen-bond donors (Lipinski definition) is 2. The van der Waals surface area contributed by atoms with Gasteiger partial charge in [-0.25, -0.2) is 4.68 Å². The van der Waals surface area contributed by atoms with Gasteiger partial charge in [-0.1, -0.05) is 11.6 Å². The summed E-state index contributed by atoms with van der Waals surface area (Å²) in [7, 11) is 0. The first-order chi connectivity index (χ1) is 6.79. The maximum atomic E-state index is 5.68.